The van der Waals surface area contributed by atoms with Crippen molar-refractivity contribution in [3.05, 3.63) is 35.9 Å². The first kappa shape index (κ1) is 20.8. The van der Waals surface area contributed by atoms with Crippen molar-refractivity contribution < 1.29 is 14.4 Å². The second-order valence-corrected chi connectivity index (χ2v) is 8.61. The maximum Gasteiger partial charge on any atom is 0.251 e. The predicted octanol–water partition coefficient (Wildman–Crippen LogP) is -0.0881. The molecule has 3 fully saturated rings. The summed E-state index contributed by atoms with van der Waals surface area (Å²) in [5, 5.41) is 6.07. The minimum Gasteiger partial charge on any atom is -0.353 e. The Labute approximate surface area is 177 Å². The molecule has 30 heavy (non-hydrogen) atoms. The fourth-order valence-electron chi connectivity index (χ4n) is 4.71. The van der Waals surface area contributed by atoms with Gasteiger partial charge in [0.25, 0.3) is 5.91 Å². The van der Waals surface area contributed by atoms with Gasteiger partial charge in [0.1, 0.15) is 0 Å². The minimum absolute atomic E-state index is 0.0214. The van der Waals surface area contributed by atoms with E-state index in [1.165, 1.54) is 0 Å². The highest BCUT2D eigenvalue weighted by atomic mass is 16.2. The normalized spacial score (nSPS) is 27.4. The Morgan fingerprint density at radius 1 is 1.13 bits per heavy atom. The van der Waals surface area contributed by atoms with E-state index in [1.807, 2.05) is 23.1 Å². The van der Waals surface area contributed by atoms with Crippen molar-refractivity contribution in [1.82, 2.24) is 25.3 Å². The van der Waals surface area contributed by atoms with Crippen molar-refractivity contribution in [3.8, 4) is 0 Å². The number of carbonyl (C=O) groups excluding carboxylic acids is 3. The lowest BCUT2D eigenvalue weighted by Gasteiger charge is -2.38. The summed E-state index contributed by atoms with van der Waals surface area (Å²) in [6.07, 6.45) is 1.82. The van der Waals surface area contributed by atoms with Crippen molar-refractivity contribution in [2.75, 3.05) is 46.3 Å². The highest BCUT2D eigenvalue weighted by Gasteiger charge is 2.43. The number of benzene rings is 1. The van der Waals surface area contributed by atoms with Crippen molar-refractivity contribution >= 4 is 17.7 Å². The van der Waals surface area contributed by atoms with E-state index in [9.17, 15) is 14.4 Å². The summed E-state index contributed by atoms with van der Waals surface area (Å²) in [6.45, 7) is 4.62. The minimum atomic E-state index is -0.233. The zero-order chi connectivity index (χ0) is 21.1. The average molecular weight is 414 g/mol. The molecule has 0 saturated carbocycles. The van der Waals surface area contributed by atoms with Crippen LogP contribution < -0.4 is 10.6 Å². The third kappa shape index (κ3) is 4.65. The first-order valence-electron chi connectivity index (χ1n) is 10.9. The van der Waals surface area contributed by atoms with E-state index in [0.29, 0.717) is 31.5 Å². The summed E-state index contributed by atoms with van der Waals surface area (Å²) < 4.78 is 0. The highest BCUT2D eigenvalue weighted by Crippen LogP contribution is 2.26. The van der Waals surface area contributed by atoms with Crippen LogP contribution in [-0.4, -0.2) is 96.9 Å². The monoisotopic (exact) mass is 413 g/mol. The molecule has 3 aliphatic rings. The van der Waals surface area contributed by atoms with Gasteiger partial charge in [-0.3, -0.25) is 19.3 Å². The third-order valence-electron chi connectivity index (χ3n) is 6.54. The van der Waals surface area contributed by atoms with E-state index in [4.69, 9.17) is 0 Å². The lowest BCUT2D eigenvalue weighted by molar-refractivity contribution is -0.133. The van der Waals surface area contributed by atoms with E-state index in [0.717, 1.165) is 32.6 Å². The molecule has 3 heterocycles. The first-order valence-corrected chi connectivity index (χ1v) is 10.9. The lowest BCUT2D eigenvalue weighted by Crippen LogP contribution is -2.58. The molecule has 3 saturated heterocycles. The Bertz CT molecular complexity index is 778. The van der Waals surface area contributed by atoms with Gasteiger partial charge in [-0.2, -0.15) is 0 Å². The van der Waals surface area contributed by atoms with E-state index in [2.05, 4.69) is 27.5 Å². The molecule has 0 aromatic heterocycles. The zero-order valence-electron chi connectivity index (χ0n) is 17.5. The number of piperazine rings is 2. The lowest BCUT2D eigenvalue weighted by atomic mass is 10.0. The number of carbonyl (C=O) groups is 3. The third-order valence-corrected chi connectivity index (χ3v) is 6.54. The van der Waals surface area contributed by atoms with Gasteiger partial charge in [-0.05, 0) is 32.0 Å². The van der Waals surface area contributed by atoms with Crippen LogP contribution >= 0.6 is 0 Å². The van der Waals surface area contributed by atoms with Crippen molar-refractivity contribution in [2.45, 2.75) is 37.4 Å². The van der Waals surface area contributed by atoms with Gasteiger partial charge in [0.05, 0.1) is 6.04 Å². The van der Waals surface area contributed by atoms with Gasteiger partial charge in [-0.25, -0.2) is 0 Å². The predicted molar refractivity (Wildman–Crippen MR) is 113 cm³/mol. The molecule has 0 bridgehead atoms. The molecule has 0 unspecified atom stereocenters. The maximum atomic E-state index is 12.6. The number of rotatable bonds is 5. The number of hydrogen-bond acceptors (Lipinski definition) is 5. The van der Waals surface area contributed by atoms with Crippen LogP contribution in [0.15, 0.2) is 30.3 Å². The number of hydrogen-bond donors (Lipinski definition) is 2. The van der Waals surface area contributed by atoms with Gasteiger partial charge in [0, 0.05) is 63.3 Å². The topological polar surface area (TPSA) is 85.0 Å². The summed E-state index contributed by atoms with van der Waals surface area (Å²) in [5.74, 6) is 0.112. The second kappa shape index (κ2) is 9.14. The number of amides is 3. The molecule has 4 rings (SSSR count). The van der Waals surface area contributed by atoms with Crippen LogP contribution in [0.1, 0.15) is 29.6 Å². The van der Waals surface area contributed by atoms with E-state index in [-0.39, 0.29) is 35.8 Å². The van der Waals surface area contributed by atoms with Crippen LogP contribution in [0.4, 0.5) is 0 Å². The molecule has 0 aliphatic carbocycles. The molecule has 0 radical (unpaired) electrons. The van der Waals surface area contributed by atoms with Crippen molar-refractivity contribution in [2.24, 2.45) is 0 Å². The van der Waals surface area contributed by atoms with Crippen LogP contribution in [0.25, 0.3) is 0 Å². The van der Waals surface area contributed by atoms with E-state index in [1.54, 1.807) is 12.1 Å². The van der Waals surface area contributed by atoms with Gasteiger partial charge in [0.2, 0.25) is 11.8 Å². The number of nitrogens with one attached hydrogen (secondary N) is 2. The fourth-order valence-corrected chi connectivity index (χ4v) is 4.71. The molecule has 162 valence electrons. The highest BCUT2D eigenvalue weighted by molar-refractivity contribution is 5.94. The molecule has 1 aromatic carbocycles. The molecular weight excluding hydrogens is 382 g/mol. The Hall–Kier alpha value is -2.45. The molecule has 1 aromatic rings. The zero-order valence-corrected chi connectivity index (χ0v) is 17.5. The van der Waals surface area contributed by atoms with Gasteiger partial charge >= 0.3 is 0 Å². The molecule has 3 amide bonds. The second-order valence-electron chi connectivity index (χ2n) is 8.61. The van der Waals surface area contributed by atoms with Crippen LogP contribution in [0.2, 0.25) is 0 Å². The smallest absolute Gasteiger partial charge is 0.251 e. The summed E-state index contributed by atoms with van der Waals surface area (Å²) in [5.41, 5.74) is 0.626. The van der Waals surface area contributed by atoms with E-state index >= 15 is 0 Å². The Balaban J connectivity index is 1.32. The molecule has 3 atom stereocenters. The largest absolute Gasteiger partial charge is 0.353 e. The van der Waals surface area contributed by atoms with Gasteiger partial charge in [0.15, 0.2) is 0 Å². The summed E-state index contributed by atoms with van der Waals surface area (Å²) >= 11 is 0. The molecule has 3 aliphatic heterocycles. The van der Waals surface area contributed by atoms with Gasteiger partial charge in [-0.1, -0.05) is 18.2 Å². The summed E-state index contributed by atoms with van der Waals surface area (Å²) in [7, 11) is 2.08. The quantitative estimate of drug-likeness (QED) is 0.705. The summed E-state index contributed by atoms with van der Waals surface area (Å²) in [6, 6.07) is 8.97. The molecule has 8 nitrogen and oxygen atoms in total. The van der Waals surface area contributed by atoms with Crippen molar-refractivity contribution in [3.63, 3.8) is 0 Å². The maximum absolute atomic E-state index is 12.6. The standard InChI is InChI=1S/C22H31N5O3/c1-25-9-11-26(12-10-25)20(28)8-7-18-14-23-22(30)19-13-17(15-27(18)19)24-21(29)16-5-3-2-4-6-16/h2-6,17-19H,7-15H2,1H3,(H,23,30)(H,24,29)/t17-,18+,19-/m0/s1. The number of nitrogens with zero attached hydrogens (tertiary/aromatic N) is 3. The summed E-state index contributed by atoms with van der Waals surface area (Å²) in [4.78, 5) is 43.9. The Kier molecular flexibility index (Phi) is 6.34. The molecule has 2 N–H and O–H groups in total. The number of likely N-dealkylation sites (N-methyl/N-ethyl adjacent to an activating group) is 1. The first-order chi connectivity index (χ1) is 14.5. The van der Waals surface area contributed by atoms with Crippen LogP contribution in [0.5, 0.6) is 0 Å². The van der Waals surface area contributed by atoms with E-state index < -0.39 is 0 Å². The molecule has 8 heteroatoms. The number of fused-ring (bicyclic) bond motifs is 1. The Morgan fingerprint density at radius 3 is 2.60 bits per heavy atom. The molecule has 0 spiro atoms. The fraction of sp³-hybridized carbons (Fsp3) is 0.591. The van der Waals surface area contributed by atoms with Crippen molar-refractivity contribution in [1.29, 1.82) is 0 Å². The Morgan fingerprint density at radius 2 is 1.87 bits per heavy atom. The van der Waals surface area contributed by atoms with Gasteiger partial charge < -0.3 is 20.4 Å². The molecular formula is C22H31N5O3. The van der Waals surface area contributed by atoms with Crippen LogP contribution in [-0.2, 0) is 9.59 Å². The SMILES string of the molecule is CN1CCN(C(=O)CC[C@@H]2CNC(=O)[C@@H]3C[C@H](NC(=O)c4ccccc4)CN23)CC1. The van der Waals surface area contributed by atoms with Crippen LogP contribution in [0.3, 0.4) is 0 Å². The average Bonchev–Trinajstić information content (AvgIpc) is 3.19. The van der Waals surface area contributed by atoms with Gasteiger partial charge in [-0.15, -0.1) is 0 Å². The van der Waals surface area contributed by atoms with Crippen LogP contribution in [0, 0.1) is 0 Å².